The third-order valence-corrected chi connectivity index (χ3v) is 5.15. The van der Waals surface area contributed by atoms with Crippen molar-refractivity contribution in [3.63, 3.8) is 0 Å². The number of carbonyl (C=O) groups is 2. The van der Waals surface area contributed by atoms with Crippen LogP contribution in [0.25, 0.3) is 0 Å². The number of ether oxygens (including phenoxy) is 3. The van der Waals surface area contributed by atoms with Gasteiger partial charge in [0.15, 0.2) is 6.10 Å². The molecule has 1 heterocycles. The lowest BCUT2D eigenvalue weighted by Gasteiger charge is -2.16. The molecular weight excluding hydrogens is 434 g/mol. The van der Waals surface area contributed by atoms with E-state index in [4.69, 9.17) is 25.8 Å². The second-order valence-corrected chi connectivity index (χ2v) is 7.36. The maximum atomic E-state index is 12.8. The lowest BCUT2D eigenvalue weighted by atomic mass is 10.2. The molecular formula is C23H24ClN3O5. The highest BCUT2D eigenvalue weighted by Gasteiger charge is 2.26. The molecule has 8 nitrogen and oxygen atoms in total. The van der Waals surface area contributed by atoms with E-state index in [-0.39, 0.29) is 10.7 Å². The van der Waals surface area contributed by atoms with E-state index < -0.39 is 18.0 Å². The molecule has 0 saturated heterocycles. The number of hydrogen-bond donors (Lipinski definition) is 1. The summed E-state index contributed by atoms with van der Waals surface area (Å²) in [5.74, 6) is -0.278. The minimum absolute atomic E-state index is 0.126. The zero-order valence-corrected chi connectivity index (χ0v) is 19.0. The maximum Gasteiger partial charge on any atom is 0.343 e. The van der Waals surface area contributed by atoms with E-state index in [1.807, 2.05) is 30.3 Å². The standard InChI is InChI=1S/C23H24ClN3O5/c1-14-20(21(24)27(26-14)13-16-8-6-5-7-9-16)23(29)32-15(2)22(28)25-18-12-17(30-3)10-11-19(18)31-4/h5-12,15H,13H2,1-4H3,(H,25,28). The van der Waals surface area contributed by atoms with Crippen molar-refractivity contribution in [2.75, 3.05) is 19.5 Å². The summed E-state index contributed by atoms with van der Waals surface area (Å²) >= 11 is 6.41. The number of nitrogens with one attached hydrogen (secondary N) is 1. The summed E-state index contributed by atoms with van der Waals surface area (Å²) in [5, 5.41) is 7.18. The first-order chi connectivity index (χ1) is 15.3. The van der Waals surface area contributed by atoms with E-state index in [1.54, 1.807) is 25.1 Å². The van der Waals surface area contributed by atoms with Gasteiger partial charge in [-0.25, -0.2) is 9.48 Å². The van der Waals surface area contributed by atoms with E-state index in [9.17, 15) is 9.59 Å². The van der Waals surface area contributed by atoms with Gasteiger partial charge in [0, 0.05) is 6.07 Å². The summed E-state index contributed by atoms with van der Waals surface area (Å²) in [6.07, 6.45) is -1.09. The van der Waals surface area contributed by atoms with E-state index in [1.165, 1.54) is 25.8 Å². The first-order valence-corrected chi connectivity index (χ1v) is 10.2. The Labute approximate surface area is 191 Å². The van der Waals surface area contributed by atoms with Gasteiger partial charge in [-0.3, -0.25) is 4.79 Å². The number of esters is 1. The molecule has 168 valence electrons. The minimum atomic E-state index is -1.09. The van der Waals surface area contributed by atoms with E-state index in [0.717, 1.165) is 5.56 Å². The van der Waals surface area contributed by atoms with Gasteiger partial charge in [-0.15, -0.1) is 0 Å². The summed E-state index contributed by atoms with van der Waals surface area (Å²) < 4.78 is 17.3. The molecule has 9 heteroatoms. The molecule has 32 heavy (non-hydrogen) atoms. The second-order valence-electron chi connectivity index (χ2n) is 7.00. The number of aryl methyl sites for hydroxylation is 1. The molecule has 0 aliphatic rings. The van der Waals surface area contributed by atoms with Gasteiger partial charge in [-0.2, -0.15) is 5.10 Å². The fourth-order valence-electron chi connectivity index (χ4n) is 3.07. The predicted molar refractivity (Wildman–Crippen MR) is 121 cm³/mol. The fraction of sp³-hybridized carbons (Fsp3) is 0.261. The number of rotatable bonds is 8. The van der Waals surface area contributed by atoms with Gasteiger partial charge in [0.25, 0.3) is 5.91 Å². The molecule has 1 amide bonds. The molecule has 3 aromatic rings. The normalized spacial score (nSPS) is 11.5. The van der Waals surface area contributed by atoms with Gasteiger partial charge in [0.2, 0.25) is 0 Å². The van der Waals surface area contributed by atoms with Crippen LogP contribution in [0.4, 0.5) is 5.69 Å². The average Bonchev–Trinajstić information content (AvgIpc) is 3.06. The fourth-order valence-corrected chi connectivity index (χ4v) is 3.38. The van der Waals surface area contributed by atoms with E-state index in [2.05, 4.69) is 10.4 Å². The van der Waals surface area contributed by atoms with Gasteiger partial charge in [0.05, 0.1) is 32.1 Å². The molecule has 0 fully saturated rings. The van der Waals surface area contributed by atoms with Crippen LogP contribution in [0.3, 0.4) is 0 Å². The molecule has 2 aromatic carbocycles. The molecule has 1 unspecified atom stereocenters. The highest BCUT2D eigenvalue weighted by Crippen LogP contribution is 2.29. The Kier molecular flexibility index (Phi) is 7.37. The van der Waals surface area contributed by atoms with E-state index in [0.29, 0.717) is 29.4 Å². The number of benzene rings is 2. The number of halogens is 1. The zero-order valence-electron chi connectivity index (χ0n) is 18.2. The molecule has 1 atom stereocenters. The van der Waals surface area contributed by atoms with Crippen LogP contribution >= 0.6 is 11.6 Å². The van der Waals surface area contributed by atoms with Crippen LogP contribution in [0.15, 0.2) is 48.5 Å². The van der Waals surface area contributed by atoms with Crippen molar-refractivity contribution >= 4 is 29.2 Å². The van der Waals surface area contributed by atoms with Crippen LogP contribution in [0, 0.1) is 6.92 Å². The number of anilines is 1. The van der Waals surface area contributed by atoms with Gasteiger partial charge in [-0.05, 0) is 31.5 Å². The van der Waals surface area contributed by atoms with Crippen molar-refractivity contribution in [3.8, 4) is 11.5 Å². The van der Waals surface area contributed by atoms with Crippen molar-refractivity contribution in [1.82, 2.24) is 9.78 Å². The highest BCUT2D eigenvalue weighted by molar-refractivity contribution is 6.32. The molecule has 0 radical (unpaired) electrons. The van der Waals surface area contributed by atoms with Crippen molar-refractivity contribution in [2.45, 2.75) is 26.5 Å². The number of nitrogens with zero attached hydrogens (tertiary/aromatic N) is 2. The van der Waals surface area contributed by atoms with Crippen molar-refractivity contribution in [1.29, 1.82) is 0 Å². The van der Waals surface area contributed by atoms with Gasteiger partial charge < -0.3 is 19.5 Å². The predicted octanol–water partition coefficient (Wildman–Crippen LogP) is 4.09. The summed E-state index contributed by atoms with van der Waals surface area (Å²) in [6, 6.07) is 14.6. The molecule has 1 N–H and O–H groups in total. The average molecular weight is 458 g/mol. The first-order valence-electron chi connectivity index (χ1n) is 9.84. The maximum absolute atomic E-state index is 12.8. The van der Waals surface area contributed by atoms with Gasteiger partial charge in [0.1, 0.15) is 22.2 Å². The Morgan fingerprint density at radius 1 is 1.12 bits per heavy atom. The minimum Gasteiger partial charge on any atom is -0.497 e. The SMILES string of the molecule is COc1ccc(OC)c(NC(=O)C(C)OC(=O)c2c(C)nn(Cc3ccccc3)c2Cl)c1. The highest BCUT2D eigenvalue weighted by atomic mass is 35.5. The van der Waals surface area contributed by atoms with Crippen LogP contribution < -0.4 is 14.8 Å². The topological polar surface area (TPSA) is 91.7 Å². The Bertz CT molecular complexity index is 1110. The van der Waals surface area contributed by atoms with Gasteiger partial charge in [-0.1, -0.05) is 41.9 Å². The first kappa shape index (κ1) is 23.1. The van der Waals surface area contributed by atoms with Crippen LogP contribution in [-0.2, 0) is 16.1 Å². The molecule has 0 aliphatic heterocycles. The second kappa shape index (κ2) is 10.2. The summed E-state index contributed by atoms with van der Waals surface area (Å²) in [6.45, 7) is 3.53. The molecule has 0 bridgehead atoms. The molecule has 3 rings (SSSR count). The smallest absolute Gasteiger partial charge is 0.343 e. The van der Waals surface area contributed by atoms with Crippen molar-refractivity contribution in [3.05, 3.63) is 70.5 Å². The number of carbonyl (C=O) groups excluding carboxylic acids is 2. The monoisotopic (exact) mass is 457 g/mol. The van der Waals surface area contributed by atoms with E-state index >= 15 is 0 Å². The van der Waals surface area contributed by atoms with Crippen molar-refractivity contribution < 1.29 is 23.8 Å². The number of methoxy groups -OCH3 is 2. The van der Waals surface area contributed by atoms with Crippen LogP contribution in [0.2, 0.25) is 5.15 Å². The third-order valence-electron chi connectivity index (χ3n) is 4.76. The van der Waals surface area contributed by atoms with Crippen LogP contribution in [0.5, 0.6) is 11.5 Å². The third kappa shape index (κ3) is 5.20. The largest absolute Gasteiger partial charge is 0.497 e. The Morgan fingerprint density at radius 3 is 2.50 bits per heavy atom. The summed E-state index contributed by atoms with van der Waals surface area (Å²) in [5.41, 5.74) is 1.92. The number of aromatic nitrogens is 2. The number of hydrogen-bond acceptors (Lipinski definition) is 6. The Hall–Kier alpha value is -3.52. The lowest BCUT2D eigenvalue weighted by Crippen LogP contribution is -2.30. The van der Waals surface area contributed by atoms with Gasteiger partial charge >= 0.3 is 5.97 Å². The summed E-state index contributed by atoms with van der Waals surface area (Å²) in [7, 11) is 3.00. The van der Waals surface area contributed by atoms with Crippen molar-refractivity contribution in [2.24, 2.45) is 0 Å². The quantitative estimate of drug-likeness (QED) is 0.512. The Morgan fingerprint density at radius 2 is 1.84 bits per heavy atom. The number of amides is 1. The van der Waals surface area contributed by atoms with Crippen LogP contribution in [0.1, 0.15) is 28.5 Å². The molecule has 1 aromatic heterocycles. The zero-order chi connectivity index (χ0) is 23.3. The van der Waals surface area contributed by atoms with Crippen LogP contribution in [-0.4, -0.2) is 42.0 Å². The lowest BCUT2D eigenvalue weighted by molar-refractivity contribution is -0.123. The molecule has 0 saturated carbocycles. The summed E-state index contributed by atoms with van der Waals surface area (Å²) in [4.78, 5) is 25.4. The Balaban J connectivity index is 1.71. The molecule has 0 spiro atoms. The molecule has 0 aliphatic carbocycles.